The summed E-state index contributed by atoms with van der Waals surface area (Å²) in [5.41, 5.74) is 5.58. The van der Waals surface area contributed by atoms with Gasteiger partial charge in [-0.3, -0.25) is 0 Å². The Labute approximate surface area is 163 Å². The van der Waals surface area contributed by atoms with E-state index in [1.165, 1.54) is 89.9 Å². The van der Waals surface area contributed by atoms with Gasteiger partial charge in [0.2, 0.25) is 0 Å². The first-order chi connectivity index (χ1) is 12.7. The fourth-order valence-corrected chi connectivity index (χ4v) is 5.72. The van der Waals surface area contributed by atoms with Crippen LogP contribution in [0.25, 0.3) is 0 Å². The van der Waals surface area contributed by atoms with E-state index >= 15 is 0 Å². The van der Waals surface area contributed by atoms with Gasteiger partial charge in [0.15, 0.2) is 0 Å². The Kier molecular flexibility index (Phi) is 7.24. The Morgan fingerprint density at radius 2 is 1.85 bits per heavy atom. The number of aryl methyl sites for hydroxylation is 1. The van der Waals surface area contributed by atoms with Crippen LogP contribution < -0.4 is 0 Å². The molecule has 1 saturated carbocycles. The van der Waals surface area contributed by atoms with E-state index in [4.69, 9.17) is 0 Å². The molecule has 2 aliphatic rings. The minimum absolute atomic E-state index is 0.510. The summed E-state index contributed by atoms with van der Waals surface area (Å²) in [7, 11) is 0. The van der Waals surface area contributed by atoms with E-state index in [-0.39, 0.29) is 0 Å². The maximum absolute atomic E-state index is 2.66. The van der Waals surface area contributed by atoms with Crippen molar-refractivity contribution in [2.75, 3.05) is 0 Å². The molecule has 2 unspecified atom stereocenters. The molecule has 0 radical (unpaired) electrons. The molecule has 1 fully saturated rings. The largest absolute Gasteiger partial charge is 0.0654 e. The molecule has 1 aromatic carbocycles. The van der Waals surface area contributed by atoms with Crippen molar-refractivity contribution in [1.82, 2.24) is 0 Å². The van der Waals surface area contributed by atoms with E-state index in [9.17, 15) is 0 Å². The van der Waals surface area contributed by atoms with E-state index in [0.29, 0.717) is 5.41 Å². The average molecular weight is 355 g/mol. The fourth-order valence-electron chi connectivity index (χ4n) is 5.72. The lowest BCUT2D eigenvalue weighted by Crippen LogP contribution is -2.29. The molecule has 0 heteroatoms. The quantitative estimate of drug-likeness (QED) is 0.415. The first-order valence-corrected chi connectivity index (χ1v) is 11.8. The van der Waals surface area contributed by atoms with Crippen molar-refractivity contribution in [3.63, 3.8) is 0 Å². The number of hydrogen-bond donors (Lipinski definition) is 0. The van der Waals surface area contributed by atoms with E-state index < -0.39 is 0 Å². The Balaban J connectivity index is 1.74. The average Bonchev–Trinajstić information content (AvgIpc) is 2.68. The summed E-state index contributed by atoms with van der Waals surface area (Å²) in [4.78, 5) is 0. The summed E-state index contributed by atoms with van der Waals surface area (Å²) in [6, 6.07) is 7.73. The third-order valence-electron chi connectivity index (χ3n) is 7.65. The normalized spacial score (nSPS) is 23.4. The Morgan fingerprint density at radius 1 is 1.04 bits per heavy atom. The highest BCUT2D eigenvalue weighted by Crippen LogP contribution is 2.44. The SMILES string of the molecule is CCCCCC1(c2ccc3c(c2)CCC(CC(C)CC)C3)CCCCC1. The standard InChI is InChI=1S/C26H42/c1-4-6-8-15-26(16-9-7-10-17-26)25-14-13-23-19-22(18-21(3)5-2)11-12-24(23)20-25/h13-14,20-22H,4-12,15-19H2,1-3H3. The third-order valence-corrected chi connectivity index (χ3v) is 7.65. The molecule has 2 atom stereocenters. The van der Waals surface area contributed by atoms with Crippen LogP contribution >= 0.6 is 0 Å². The minimum atomic E-state index is 0.510. The molecule has 0 aromatic heterocycles. The van der Waals surface area contributed by atoms with Gasteiger partial charge in [0.1, 0.15) is 0 Å². The summed E-state index contributed by atoms with van der Waals surface area (Å²) in [5.74, 6) is 1.82. The predicted octanol–water partition coefficient (Wildman–Crippen LogP) is 8.01. The van der Waals surface area contributed by atoms with Crippen LogP contribution in [0.2, 0.25) is 0 Å². The lowest BCUT2D eigenvalue weighted by Gasteiger charge is -2.39. The zero-order valence-corrected chi connectivity index (χ0v) is 17.8. The van der Waals surface area contributed by atoms with Crippen LogP contribution in [0.5, 0.6) is 0 Å². The summed E-state index contributed by atoms with van der Waals surface area (Å²) >= 11 is 0. The highest BCUT2D eigenvalue weighted by molar-refractivity contribution is 5.38. The second-order valence-electron chi connectivity index (χ2n) is 9.64. The molecule has 0 aliphatic heterocycles. The Morgan fingerprint density at radius 3 is 2.58 bits per heavy atom. The van der Waals surface area contributed by atoms with Crippen LogP contribution in [0.15, 0.2) is 18.2 Å². The molecule has 0 bridgehead atoms. The number of fused-ring (bicyclic) bond motifs is 1. The molecular weight excluding hydrogens is 312 g/mol. The van der Waals surface area contributed by atoms with Gasteiger partial charge in [0, 0.05) is 0 Å². The lowest BCUT2D eigenvalue weighted by molar-refractivity contribution is 0.265. The molecule has 2 aliphatic carbocycles. The molecule has 26 heavy (non-hydrogen) atoms. The van der Waals surface area contributed by atoms with Crippen molar-refractivity contribution in [3.05, 3.63) is 34.9 Å². The summed E-state index contributed by atoms with van der Waals surface area (Å²) in [5, 5.41) is 0. The Bertz CT molecular complexity index is 549. The number of rotatable bonds is 8. The van der Waals surface area contributed by atoms with Gasteiger partial charge in [0.05, 0.1) is 0 Å². The summed E-state index contributed by atoms with van der Waals surface area (Å²) in [6.07, 6.45) is 19.7. The highest BCUT2D eigenvalue weighted by Gasteiger charge is 2.34. The monoisotopic (exact) mass is 354 g/mol. The zero-order valence-electron chi connectivity index (χ0n) is 17.8. The smallest absolute Gasteiger partial charge is 0.00469 e. The fraction of sp³-hybridized carbons (Fsp3) is 0.769. The van der Waals surface area contributed by atoms with Gasteiger partial charge in [-0.1, -0.05) is 83.9 Å². The topological polar surface area (TPSA) is 0 Å². The van der Waals surface area contributed by atoms with Crippen LogP contribution in [0.1, 0.15) is 115 Å². The molecule has 0 heterocycles. The van der Waals surface area contributed by atoms with Crippen molar-refractivity contribution < 1.29 is 0 Å². The molecular formula is C26H42. The molecule has 1 aromatic rings. The van der Waals surface area contributed by atoms with Crippen LogP contribution in [0.4, 0.5) is 0 Å². The predicted molar refractivity (Wildman–Crippen MR) is 115 cm³/mol. The van der Waals surface area contributed by atoms with E-state index in [1.54, 1.807) is 16.7 Å². The van der Waals surface area contributed by atoms with E-state index in [2.05, 4.69) is 39.0 Å². The minimum Gasteiger partial charge on any atom is -0.0654 e. The zero-order chi connectivity index (χ0) is 18.4. The lowest BCUT2D eigenvalue weighted by atomic mass is 9.65. The van der Waals surface area contributed by atoms with Crippen LogP contribution in [0, 0.1) is 11.8 Å². The van der Waals surface area contributed by atoms with Gasteiger partial charge in [-0.25, -0.2) is 0 Å². The van der Waals surface area contributed by atoms with Gasteiger partial charge in [-0.15, -0.1) is 0 Å². The highest BCUT2D eigenvalue weighted by atomic mass is 14.4. The van der Waals surface area contributed by atoms with Crippen molar-refractivity contribution in [3.8, 4) is 0 Å². The second kappa shape index (κ2) is 9.43. The maximum Gasteiger partial charge on any atom is -0.00469 e. The van der Waals surface area contributed by atoms with Crippen LogP contribution in [0.3, 0.4) is 0 Å². The number of benzene rings is 1. The van der Waals surface area contributed by atoms with Gasteiger partial charge in [-0.05, 0) is 78.9 Å². The third kappa shape index (κ3) is 4.73. The van der Waals surface area contributed by atoms with Crippen LogP contribution in [-0.2, 0) is 18.3 Å². The molecule has 3 rings (SSSR count). The van der Waals surface area contributed by atoms with E-state index in [0.717, 1.165) is 11.8 Å². The van der Waals surface area contributed by atoms with Crippen molar-refractivity contribution >= 4 is 0 Å². The first-order valence-electron chi connectivity index (χ1n) is 11.8. The molecule has 0 amide bonds. The second-order valence-corrected chi connectivity index (χ2v) is 9.64. The van der Waals surface area contributed by atoms with Crippen molar-refractivity contribution in [1.29, 1.82) is 0 Å². The molecule has 0 spiro atoms. The summed E-state index contributed by atoms with van der Waals surface area (Å²) < 4.78 is 0. The van der Waals surface area contributed by atoms with Crippen molar-refractivity contribution in [2.45, 2.75) is 116 Å². The van der Waals surface area contributed by atoms with Crippen LogP contribution in [-0.4, -0.2) is 0 Å². The number of hydrogen-bond acceptors (Lipinski definition) is 0. The van der Waals surface area contributed by atoms with Crippen molar-refractivity contribution in [2.24, 2.45) is 11.8 Å². The Hall–Kier alpha value is -0.780. The molecule has 146 valence electrons. The summed E-state index contributed by atoms with van der Waals surface area (Å²) in [6.45, 7) is 7.11. The maximum atomic E-state index is 2.66. The first kappa shape index (κ1) is 20.0. The van der Waals surface area contributed by atoms with Gasteiger partial charge < -0.3 is 0 Å². The molecule has 0 N–H and O–H groups in total. The van der Waals surface area contributed by atoms with Gasteiger partial charge in [0.25, 0.3) is 0 Å². The molecule has 0 nitrogen and oxygen atoms in total. The molecule has 0 saturated heterocycles. The van der Waals surface area contributed by atoms with Gasteiger partial charge in [-0.2, -0.15) is 0 Å². The van der Waals surface area contributed by atoms with E-state index in [1.807, 2.05) is 0 Å². The van der Waals surface area contributed by atoms with Gasteiger partial charge >= 0.3 is 0 Å². The number of unbranched alkanes of at least 4 members (excludes halogenated alkanes) is 2.